The predicted octanol–water partition coefficient (Wildman–Crippen LogP) is 13.7. The zero-order chi connectivity index (χ0) is 37.8. The summed E-state index contributed by atoms with van der Waals surface area (Å²) in [7, 11) is 0. The van der Waals surface area contributed by atoms with E-state index in [-0.39, 0.29) is 45.9 Å². The molecule has 0 amide bonds. The Kier molecular flexibility index (Phi) is 4.01. The van der Waals surface area contributed by atoms with Crippen molar-refractivity contribution in [1.29, 1.82) is 0 Å². The van der Waals surface area contributed by atoms with Crippen molar-refractivity contribution in [2.75, 3.05) is 0 Å². The van der Waals surface area contributed by atoms with Gasteiger partial charge in [0.2, 0.25) is 0 Å². The van der Waals surface area contributed by atoms with Crippen molar-refractivity contribution in [1.82, 2.24) is 0 Å². The van der Waals surface area contributed by atoms with Crippen LogP contribution in [0.25, 0.3) is 96.6 Å². The molecule has 10 aromatic rings. The summed E-state index contributed by atoms with van der Waals surface area (Å²) in [6.45, 7) is 4.66. The minimum atomic E-state index is -0.471. The van der Waals surface area contributed by atoms with E-state index in [2.05, 4.69) is 98.8 Å². The molecule has 0 nitrogen and oxygen atoms in total. The molecule has 1 heterocycles. The molecule has 1 heteroatoms. The Labute approximate surface area is 292 Å². The summed E-state index contributed by atoms with van der Waals surface area (Å²) in [6, 6.07) is 34.4. The summed E-state index contributed by atoms with van der Waals surface area (Å²) in [5.41, 5.74) is 8.11. The number of hydrogen-bond acceptors (Lipinski definition) is 1. The van der Waals surface area contributed by atoms with E-state index in [0.717, 1.165) is 43.4 Å². The van der Waals surface area contributed by atoms with Crippen LogP contribution in [0.3, 0.4) is 0 Å². The molecule has 224 valence electrons. The maximum atomic E-state index is 9.27. The third kappa shape index (κ3) is 3.44. The van der Waals surface area contributed by atoms with Gasteiger partial charge in [0.05, 0.1) is 9.60 Å². The second-order valence-electron chi connectivity index (χ2n) is 13.5. The van der Waals surface area contributed by atoms with Crippen LogP contribution in [0.15, 0.2) is 145 Å². The normalized spacial score (nSPS) is 15.8. The average Bonchev–Trinajstić information content (AvgIpc) is 3.68. The van der Waals surface area contributed by atoms with Gasteiger partial charge in [0, 0.05) is 25.6 Å². The molecule has 1 aliphatic rings. The van der Waals surface area contributed by atoms with Gasteiger partial charge in [-0.25, -0.2) is 0 Å². The lowest BCUT2D eigenvalue weighted by Crippen LogP contribution is -2.14. The van der Waals surface area contributed by atoms with E-state index >= 15 is 0 Å². The molecule has 0 saturated heterocycles. The highest BCUT2D eigenvalue weighted by Gasteiger charge is 2.37. The number of fused-ring (bicyclic) bond motifs is 8. The molecule has 0 unspecified atom stereocenters. The summed E-state index contributed by atoms with van der Waals surface area (Å²) in [5.74, 6) is 0. The molecule has 48 heavy (non-hydrogen) atoms. The van der Waals surface area contributed by atoms with Gasteiger partial charge >= 0.3 is 0 Å². The van der Waals surface area contributed by atoms with Crippen LogP contribution in [0.5, 0.6) is 0 Å². The quantitative estimate of drug-likeness (QED) is 0.166. The van der Waals surface area contributed by atoms with Crippen LogP contribution >= 0.6 is 11.3 Å². The van der Waals surface area contributed by atoms with E-state index < -0.39 is 18.1 Å². The van der Waals surface area contributed by atoms with E-state index in [1.807, 2.05) is 29.5 Å². The molecule has 9 aromatic carbocycles. The summed E-state index contributed by atoms with van der Waals surface area (Å²) in [6.07, 6.45) is 0. The minimum absolute atomic E-state index is 0.0374. The lowest BCUT2D eigenvalue weighted by atomic mass is 9.81. The highest BCUT2D eigenvalue weighted by Crippen LogP contribution is 2.55. The van der Waals surface area contributed by atoms with Gasteiger partial charge in [0.25, 0.3) is 0 Å². The van der Waals surface area contributed by atoms with Gasteiger partial charge in [0.1, 0.15) is 0 Å². The van der Waals surface area contributed by atoms with Crippen LogP contribution in [-0.4, -0.2) is 0 Å². The molecule has 1 aliphatic carbocycles. The molecular formula is C47H30S. The molecule has 0 saturated carbocycles. The first kappa shape index (κ1) is 20.7. The fourth-order valence-electron chi connectivity index (χ4n) is 8.40. The molecule has 0 spiro atoms. The van der Waals surface area contributed by atoms with E-state index in [9.17, 15) is 1.37 Å². The van der Waals surface area contributed by atoms with Crippen molar-refractivity contribution in [3.8, 4) is 33.4 Å². The van der Waals surface area contributed by atoms with Crippen molar-refractivity contribution < 1.29 is 9.60 Å². The number of benzene rings is 9. The molecular weight excluding hydrogens is 597 g/mol. The lowest BCUT2D eigenvalue weighted by molar-refractivity contribution is 0.661. The Morgan fingerprint density at radius 2 is 1.19 bits per heavy atom. The standard InChI is InChI=1S/C47H30S/c1-47(2)39-23-24-42-46(38-9-5-6-10-41(38)48-42)45(39)37-22-17-32(26-40(37)47)34-19-14-29-15-20-35-33(18-13-28-16-21-36(34)44(29)43(28)35)31-12-11-27-7-3-4-8-30(27)25-31/h3-26H,1-2H3/i3D,4D,7D,8D,11D,12D,25D. The molecule has 0 radical (unpaired) electrons. The maximum Gasteiger partial charge on any atom is 0.0636 e. The van der Waals surface area contributed by atoms with Crippen LogP contribution in [-0.2, 0) is 5.41 Å². The smallest absolute Gasteiger partial charge is 0.0636 e. The molecule has 0 bridgehead atoms. The predicted molar refractivity (Wildman–Crippen MR) is 209 cm³/mol. The van der Waals surface area contributed by atoms with Gasteiger partial charge in [-0.1, -0.05) is 135 Å². The number of rotatable bonds is 2. The fourth-order valence-corrected chi connectivity index (χ4v) is 9.51. The summed E-state index contributed by atoms with van der Waals surface area (Å²) >= 11 is 1.85. The monoisotopic (exact) mass is 633 g/mol. The van der Waals surface area contributed by atoms with E-state index in [1.165, 1.54) is 42.4 Å². The average molecular weight is 634 g/mol. The second-order valence-corrected chi connectivity index (χ2v) is 14.6. The highest BCUT2D eigenvalue weighted by molar-refractivity contribution is 7.26. The SMILES string of the molecule is [2H]c1c([2H])c([2H])c2c([2H])c(-c3ccc4ccc5c(-c6ccc7c(c6)C(C)(C)c6ccc8sc9ccccc9c8c6-7)ccc6ccc3c4c65)c([2H])c([2H])c2c1[2H]. The molecule has 0 fully saturated rings. The first-order chi connectivity index (χ1) is 26.5. The van der Waals surface area contributed by atoms with Crippen LogP contribution in [0.1, 0.15) is 34.6 Å². The van der Waals surface area contributed by atoms with Crippen molar-refractivity contribution in [3.63, 3.8) is 0 Å². The Morgan fingerprint density at radius 1 is 0.500 bits per heavy atom. The Bertz CT molecular complexity index is 3380. The maximum absolute atomic E-state index is 9.27. The summed E-state index contributed by atoms with van der Waals surface area (Å²) < 4.78 is 63.4. The lowest BCUT2D eigenvalue weighted by Gasteiger charge is -2.22. The molecule has 11 rings (SSSR count). The first-order valence-electron chi connectivity index (χ1n) is 19.8. The van der Waals surface area contributed by atoms with Crippen LogP contribution in [0.2, 0.25) is 0 Å². The van der Waals surface area contributed by atoms with Gasteiger partial charge in [-0.2, -0.15) is 0 Å². The van der Waals surface area contributed by atoms with Crippen LogP contribution in [0, 0.1) is 0 Å². The fraction of sp³-hybridized carbons (Fsp3) is 0.0638. The van der Waals surface area contributed by atoms with Gasteiger partial charge in [0.15, 0.2) is 0 Å². The summed E-state index contributed by atoms with van der Waals surface area (Å²) in [5, 5.41) is 8.59. The van der Waals surface area contributed by atoms with Crippen LogP contribution < -0.4 is 0 Å². The van der Waals surface area contributed by atoms with Gasteiger partial charge in [-0.3, -0.25) is 0 Å². The second kappa shape index (κ2) is 9.31. The summed E-state index contributed by atoms with van der Waals surface area (Å²) in [4.78, 5) is 0. The van der Waals surface area contributed by atoms with Crippen molar-refractivity contribution in [2.24, 2.45) is 0 Å². The van der Waals surface area contributed by atoms with E-state index in [0.29, 0.717) is 5.56 Å². The highest BCUT2D eigenvalue weighted by atomic mass is 32.1. The van der Waals surface area contributed by atoms with Gasteiger partial charge < -0.3 is 0 Å². The molecule has 0 N–H and O–H groups in total. The molecule has 1 aromatic heterocycles. The van der Waals surface area contributed by atoms with Crippen molar-refractivity contribution >= 4 is 74.6 Å². The van der Waals surface area contributed by atoms with Crippen LogP contribution in [0.4, 0.5) is 0 Å². The van der Waals surface area contributed by atoms with Gasteiger partial charge in [-0.05, 0) is 112 Å². The van der Waals surface area contributed by atoms with E-state index in [1.54, 1.807) is 0 Å². The molecule has 0 atom stereocenters. The van der Waals surface area contributed by atoms with Crippen molar-refractivity contribution in [2.45, 2.75) is 19.3 Å². The number of hydrogen-bond donors (Lipinski definition) is 0. The number of thiophene rings is 1. The Hall–Kier alpha value is -5.50. The topological polar surface area (TPSA) is 0 Å². The van der Waals surface area contributed by atoms with Gasteiger partial charge in [-0.15, -0.1) is 11.3 Å². The molecule has 0 aliphatic heterocycles. The van der Waals surface area contributed by atoms with E-state index in [4.69, 9.17) is 8.22 Å². The third-order valence-electron chi connectivity index (χ3n) is 10.7. The Balaban J connectivity index is 1.14. The van der Waals surface area contributed by atoms with Crippen molar-refractivity contribution in [3.05, 3.63) is 157 Å². The zero-order valence-electron chi connectivity index (χ0n) is 33.2. The largest absolute Gasteiger partial charge is 0.135 e. The first-order valence-corrected chi connectivity index (χ1v) is 17.1. The minimum Gasteiger partial charge on any atom is -0.135 e. The zero-order valence-corrected chi connectivity index (χ0v) is 27.0. The third-order valence-corrected chi connectivity index (χ3v) is 11.8. The Morgan fingerprint density at radius 3 is 1.98 bits per heavy atom.